The molecule has 0 atom stereocenters. The predicted octanol–water partition coefficient (Wildman–Crippen LogP) is 4.29. The fraction of sp³-hybridized carbons (Fsp3) is 0.471. The van der Waals surface area contributed by atoms with Gasteiger partial charge in [-0.25, -0.2) is 0 Å². The van der Waals surface area contributed by atoms with Crippen LogP contribution >= 0.6 is 11.6 Å². The maximum absolute atomic E-state index is 12.3. The first-order chi connectivity index (χ1) is 9.39. The molecule has 3 heteroatoms. The number of hydrogen-bond donors (Lipinski definition) is 0. The number of hydrogen-bond acceptors (Lipinski definition) is 2. The lowest BCUT2D eigenvalue weighted by Gasteiger charge is -2.29. The third kappa shape index (κ3) is 5.10. The van der Waals surface area contributed by atoms with Crippen LogP contribution in [0, 0.1) is 5.41 Å². The van der Waals surface area contributed by atoms with Gasteiger partial charge in [-0.05, 0) is 36.9 Å². The number of halogens is 1. The largest absolute Gasteiger partial charge is 0.303 e. The summed E-state index contributed by atoms with van der Waals surface area (Å²) in [6.07, 6.45) is 3.52. The van der Waals surface area contributed by atoms with Gasteiger partial charge < -0.3 is 4.90 Å². The first kappa shape index (κ1) is 16.9. The van der Waals surface area contributed by atoms with E-state index >= 15 is 0 Å². The van der Waals surface area contributed by atoms with Crippen molar-refractivity contribution < 1.29 is 4.79 Å². The van der Waals surface area contributed by atoms with E-state index in [9.17, 15) is 4.79 Å². The molecule has 0 aliphatic heterocycles. The van der Waals surface area contributed by atoms with Gasteiger partial charge in [0.2, 0.25) is 0 Å². The average molecular weight is 294 g/mol. The van der Waals surface area contributed by atoms with Gasteiger partial charge in [-0.1, -0.05) is 57.5 Å². The van der Waals surface area contributed by atoms with E-state index in [2.05, 4.69) is 18.7 Å². The Kier molecular flexibility index (Phi) is 6.44. The highest BCUT2D eigenvalue weighted by molar-refractivity contribution is 6.30. The zero-order chi connectivity index (χ0) is 15.2. The predicted molar refractivity (Wildman–Crippen MR) is 87.1 cm³/mol. The molecule has 0 heterocycles. The first-order valence-electron chi connectivity index (χ1n) is 7.09. The molecule has 0 unspecified atom stereocenters. The molecule has 1 aromatic rings. The van der Waals surface area contributed by atoms with Crippen LogP contribution in [-0.4, -0.2) is 30.3 Å². The zero-order valence-corrected chi connectivity index (χ0v) is 13.6. The second-order valence-electron chi connectivity index (χ2n) is 5.59. The summed E-state index contributed by atoms with van der Waals surface area (Å²) in [5.74, 6) is 0.152. The van der Waals surface area contributed by atoms with Crippen molar-refractivity contribution in [2.75, 3.05) is 19.6 Å². The number of nitrogens with zero attached hydrogens (tertiary/aromatic N) is 1. The standard InChI is InChI=1S/C17H24ClNO/c1-5-19(6-2)13-17(3,4)16(20)12-9-14-7-10-15(18)11-8-14/h7-12H,5-6,13H2,1-4H3/b12-9-. The molecular formula is C17H24ClNO. The van der Waals surface area contributed by atoms with Gasteiger partial charge in [-0.15, -0.1) is 0 Å². The van der Waals surface area contributed by atoms with E-state index in [4.69, 9.17) is 11.6 Å². The van der Waals surface area contributed by atoms with Crippen molar-refractivity contribution in [2.24, 2.45) is 5.41 Å². The van der Waals surface area contributed by atoms with Crippen LogP contribution in [0.4, 0.5) is 0 Å². The molecule has 0 saturated heterocycles. The summed E-state index contributed by atoms with van der Waals surface area (Å²) in [5, 5.41) is 0.704. The average Bonchev–Trinajstić information content (AvgIpc) is 2.43. The third-order valence-corrected chi connectivity index (χ3v) is 3.73. The molecule has 0 saturated carbocycles. The van der Waals surface area contributed by atoms with Gasteiger partial charge in [0.25, 0.3) is 0 Å². The van der Waals surface area contributed by atoms with Crippen LogP contribution in [0.3, 0.4) is 0 Å². The van der Waals surface area contributed by atoms with E-state index in [0.29, 0.717) is 5.02 Å². The number of allylic oxidation sites excluding steroid dienone is 1. The normalized spacial score (nSPS) is 12.3. The molecule has 0 amide bonds. The van der Waals surface area contributed by atoms with E-state index in [1.54, 1.807) is 6.08 Å². The van der Waals surface area contributed by atoms with Gasteiger partial charge in [0, 0.05) is 17.0 Å². The van der Waals surface area contributed by atoms with Gasteiger partial charge >= 0.3 is 0 Å². The molecule has 2 nitrogen and oxygen atoms in total. The molecule has 0 spiro atoms. The summed E-state index contributed by atoms with van der Waals surface area (Å²) >= 11 is 5.84. The summed E-state index contributed by atoms with van der Waals surface area (Å²) in [4.78, 5) is 14.6. The van der Waals surface area contributed by atoms with Gasteiger partial charge in [-0.3, -0.25) is 4.79 Å². The van der Waals surface area contributed by atoms with Crippen molar-refractivity contribution in [2.45, 2.75) is 27.7 Å². The molecule has 110 valence electrons. The molecule has 0 radical (unpaired) electrons. The van der Waals surface area contributed by atoms with Crippen molar-refractivity contribution in [1.29, 1.82) is 0 Å². The monoisotopic (exact) mass is 293 g/mol. The van der Waals surface area contributed by atoms with Crippen LogP contribution in [0.1, 0.15) is 33.3 Å². The van der Waals surface area contributed by atoms with Crippen molar-refractivity contribution in [1.82, 2.24) is 4.90 Å². The Morgan fingerprint density at radius 1 is 1.20 bits per heavy atom. The van der Waals surface area contributed by atoms with Gasteiger partial charge in [0.05, 0.1) is 0 Å². The molecule has 20 heavy (non-hydrogen) atoms. The number of benzene rings is 1. The molecule has 0 aliphatic rings. The molecule has 0 aromatic heterocycles. The number of carbonyl (C=O) groups is 1. The third-order valence-electron chi connectivity index (χ3n) is 3.48. The Morgan fingerprint density at radius 3 is 2.25 bits per heavy atom. The zero-order valence-electron chi connectivity index (χ0n) is 12.8. The van der Waals surface area contributed by atoms with Crippen LogP contribution in [0.15, 0.2) is 30.3 Å². The van der Waals surface area contributed by atoms with Crippen LogP contribution < -0.4 is 0 Å². The van der Waals surface area contributed by atoms with Crippen LogP contribution in [-0.2, 0) is 4.79 Å². The van der Waals surface area contributed by atoms with Gasteiger partial charge in [0.1, 0.15) is 0 Å². The Morgan fingerprint density at radius 2 is 1.75 bits per heavy atom. The second-order valence-corrected chi connectivity index (χ2v) is 6.03. The molecular weight excluding hydrogens is 270 g/mol. The van der Waals surface area contributed by atoms with Crippen LogP contribution in [0.2, 0.25) is 5.02 Å². The number of carbonyl (C=O) groups excluding carboxylic acids is 1. The molecule has 0 fully saturated rings. The molecule has 0 aliphatic carbocycles. The second kappa shape index (κ2) is 7.61. The summed E-state index contributed by atoms with van der Waals surface area (Å²) in [6, 6.07) is 7.46. The minimum atomic E-state index is -0.366. The van der Waals surface area contributed by atoms with Crippen molar-refractivity contribution in [3.05, 3.63) is 40.9 Å². The van der Waals surface area contributed by atoms with E-state index in [0.717, 1.165) is 25.2 Å². The van der Waals surface area contributed by atoms with Crippen molar-refractivity contribution >= 4 is 23.5 Å². The lowest BCUT2D eigenvalue weighted by atomic mass is 9.87. The topological polar surface area (TPSA) is 20.3 Å². The fourth-order valence-corrected chi connectivity index (χ4v) is 2.18. The fourth-order valence-electron chi connectivity index (χ4n) is 2.06. The highest BCUT2D eigenvalue weighted by atomic mass is 35.5. The van der Waals surface area contributed by atoms with E-state index in [1.165, 1.54) is 0 Å². The number of rotatable bonds is 7. The smallest absolute Gasteiger partial charge is 0.162 e. The van der Waals surface area contributed by atoms with E-state index < -0.39 is 0 Å². The maximum Gasteiger partial charge on any atom is 0.162 e. The van der Waals surface area contributed by atoms with Gasteiger partial charge in [0.15, 0.2) is 5.78 Å². The minimum Gasteiger partial charge on any atom is -0.303 e. The minimum absolute atomic E-state index is 0.152. The first-order valence-corrected chi connectivity index (χ1v) is 7.47. The number of ketones is 1. The summed E-state index contributed by atoms with van der Waals surface area (Å²) in [5.41, 5.74) is 0.621. The summed E-state index contributed by atoms with van der Waals surface area (Å²) < 4.78 is 0. The highest BCUT2D eigenvalue weighted by Crippen LogP contribution is 2.20. The molecule has 0 bridgehead atoms. The quantitative estimate of drug-likeness (QED) is 0.699. The Balaban J connectivity index is 2.71. The summed E-state index contributed by atoms with van der Waals surface area (Å²) in [7, 11) is 0. The molecule has 0 N–H and O–H groups in total. The Hall–Kier alpha value is -1.12. The lowest BCUT2D eigenvalue weighted by Crippen LogP contribution is -2.38. The Bertz CT molecular complexity index is 458. The van der Waals surface area contributed by atoms with Crippen molar-refractivity contribution in [3.8, 4) is 0 Å². The maximum atomic E-state index is 12.3. The SMILES string of the molecule is CCN(CC)CC(C)(C)C(=O)/C=C\c1ccc(Cl)cc1. The molecule has 1 rings (SSSR count). The molecule has 1 aromatic carbocycles. The highest BCUT2D eigenvalue weighted by Gasteiger charge is 2.27. The Labute approximate surface area is 127 Å². The van der Waals surface area contributed by atoms with Gasteiger partial charge in [-0.2, -0.15) is 0 Å². The van der Waals surface area contributed by atoms with E-state index in [1.807, 2.05) is 44.2 Å². The van der Waals surface area contributed by atoms with Crippen molar-refractivity contribution in [3.63, 3.8) is 0 Å². The van der Waals surface area contributed by atoms with Crippen LogP contribution in [0.25, 0.3) is 6.08 Å². The van der Waals surface area contributed by atoms with Crippen LogP contribution in [0.5, 0.6) is 0 Å². The van der Waals surface area contributed by atoms with E-state index in [-0.39, 0.29) is 11.2 Å². The summed E-state index contributed by atoms with van der Waals surface area (Å²) in [6.45, 7) is 11.0. The lowest BCUT2D eigenvalue weighted by molar-refractivity contribution is -0.123.